The molecule has 49 heavy (non-hydrogen) atoms. The minimum absolute atomic E-state index is 0.0246. The van der Waals surface area contributed by atoms with Crippen LogP contribution in [0.25, 0.3) is 0 Å². The largest absolute Gasteiger partial charge is 0.507 e. The molecule has 2 heterocycles. The number of aliphatic hydroxyl groups is 2. The molecular weight excluding hydrogens is 642 g/mol. The Morgan fingerprint density at radius 1 is 0.959 bits per heavy atom. The molecule has 0 radical (unpaired) electrons. The molecule has 2 aromatic rings. The van der Waals surface area contributed by atoms with E-state index >= 15 is 0 Å². The number of methoxy groups -OCH3 is 2. The number of phenolic OH excluding ortho intramolecular Hbond substituents is 2. The smallest absolute Gasteiger partial charge is 0.202 e. The van der Waals surface area contributed by atoms with Crippen molar-refractivity contribution in [3.05, 3.63) is 51.6 Å². The van der Waals surface area contributed by atoms with Crippen molar-refractivity contribution in [2.75, 3.05) is 14.2 Å². The molecule has 6 N–H and O–H groups in total. The zero-order valence-corrected chi connectivity index (χ0v) is 28.2. The van der Waals surface area contributed by atoms with Gasteiger partial charge < -0.3 is 54.6 Å². The lowest BCUT2D eigenvalue weighted by atomic mass is 9.72. The number of ether oxygens (including phenoxy) is 6. The molecule has 2 aromatic carbocycles. The van der Waals surface area contributed by atoms with Crippen molar-refractivity contribution in [3.8, 4) is 17.2 Å². The van der Waals surface area contributed by atoms with E-state index in [-0.39, 0.29) is 47.3 Å². The topological polar surface area (TPSA) is 214 Å². The van der Waals surface area contributed by atoms with Crippen molar-refractivity contribution in [3.63, 3.8) is 0 Å². The van der Waals surface area contributed by atoms with E-state index in [2.05, 4.69) is 0 Å². The molecule has 266 valence electrons. The number of aliphatic hydroxyl groups excluding tert-OH is 1. The van der Waals surface area contributed by atoms with Gasteiger partial charge in [0.05, 0.1) is 47.7 Å². The van der Waals surface area contributed by atoms with Crippen LogP contribution in [0.1, 0.15) is 96.0 Å². The van der Waals surface area contributed by atoms with E-state index in [9.17, 15) is 34.8 Å². The van der Waals surface area contributed by atoms with Crippen molar-refractivity contribution in [2.45, 2.75) is 114 Å². The number of phenols is 2. The van der Waals surface area contributed by atoms with Gasteiger partial charge in [-0.15, -0.1) is 0 Å². The van der Waals surface area contributed by atoms with Crippen LogP contribution in [0, 0.1) is 0 Å². The maximum Gasteiger partial charge on any atom is 0.202 e. The molecule has 2 aliphatic heterocycles. The van der Waals surface area contributed by atoms with Crippen molar-refractivity contribution in [2.24, 2.45) is 5.73 Å². The third-order valence-electron chi connectivity index (χ3n) is 10.5. The minimum Gasteiger partial charge on any atom is -0.507 e. The lowest BCUT2D eigenvalue weighted by molar-refractivity contribution is -0.316. The average molecular weight is 686 g/mol. The Kier molecular flexibility index (Phi) is 9.16. The van der Waals surface area contributed by atoms with Crippen molar-refractivity contribution >= 4 is 17.3 Å². The van der Waals surface area contributed by atoms with Gasteiger partial charge in [0.25, 0.3) is 0 Å². The van der Waals surface area contributed by atoms with E-state index in [0.29, 0.717) is 0 Å². The third-order valence-corrected chi connectivity index (χ3v) is 10.5. The lowest BCUT2D eigenvalue weighted by Gasteiger charge is -2.47. The van der Waals surface area contributed by atoms with Crippen LogP contribution in [0.15, 0.2) is 18.2 Å². The Hall–Kier alpha value is -3.47. The number of benzene rings is 2. The summed E-state index contributed by atoms with van der Waals surface area (Å²) < 4.78 is 35.5. The van der Waals surface area contributed by atoms with E-state index in [1.54, 1.807) is 20.8 Å². The number of aromatic hydroxyl groups is 2. The molecule has 6 rings (SSSR count). The SMILES string of the molecule is COc1cccc2c1C(=O)c1c(O)c3c(c(O)c1C2=O)C[C@@](O)(C(C)=O)C[C@@H]3O[C@H]1C[C@H](N)[C@H](O[C@H]2C[C@@](C)(OC)[C@@H](O)[C@H](C)O2)[C@H](C)O1. The first-order valence-electron chi connectivity index (χ1n) is 16.3. The van der Waals surface area contributed by atoms with E-state index in [4.69, 9.17) is 34.2 Å². The van der Waals surface area contributed by atoms with Crippen LogP contribution in [-0.2, 0) is 34.9 Å². The molecule has 14 heteroatoms. The zero-order chi connectivity index (χ0) is 35.7. The molecule has 14 nitrogen and oxygen atoms in total. The van der Waals surface area contributed by atoms with Crippen molar-refractivity contribution in [1.29, 1.82) is 0 Å². The standard InChI is InChI=1S/C35H43NO13/c1-14-32(49-23-13-34(4,45-6)33(42)15(2)47-23)19(36)10-22(46-14)48-21-12-35(43,16(3)37)11-18-25(21)31(41)27-26(29(18)39)28(38)17-8-7-9-20(44-5)24(17)30(27)40/h7-9,14-15,19,21-23,32-33,39,41-43H,10-13,36H2,1-6H3/t14-,15-,19-,21-,22-,23-,32+,33-,34+,35-/m0/s1. The summed E-state index contributed by atoms with van der Waals surface area (Å²) in [5.74, 6) is -3.24. The lowest BCUT2D eigenvalue weighted by Crippen LogP contribution is -2.59. The number of rotatable bonds is 7. The number of Topliss-reactive ketones (excluding diaryl/α,β-unsaturated/α-hetero) is 1. The third kappa shape index (κ3) is 5.73. The van der Waals surface area contributed by atoms with E-state index in [1.807, 2.05) is 0 Å². The van der Waals surface area contributed by atoms with Crippen LogP contribution in [0.4, 0.5) is 0 Å². The highest BCUT2D eigenvalue weighted by molar-refractivity contribution is 6.31. The molecule has 0 unspecified atom stereocenters. The van der Waals surface area contributed by atoms with Gasteiger partial charge >= 0.3 is 0 Å². The summed E-state index contributed by atoms with van der Waals surface area (Å²) in [4.78, 5) is 40.3. The molecular formula is C35H43NO13. The summed E-state index contributed by atoms with van der Waals surface area (Å²) in [6, 6.07) is 3.79. The maximum atomic E-state index is 13.9. The van der Waals surface area contributed by atoms with Gasteiger partial charge in [-0.25, -0.2) is 0 Å². The van der Waals surface area contributed by atoms with Crippen LogP contribution in [0.2, 0.25) is 0 Å². The van der Waals surface area contributed by atoms with Crippen LogP contribution >= 0.6 is 0 Å². The van der Waals surface area contributed by atoms with Crippen LogP contribution < -0.4 is 10.5 Å². The van der Waals surface area contributed by atoms with Gasteiger partial charge in [-0.1, -0.05) is 12.1 Å². The molecule has 10 atom stereocenters. The van der Waals surface area contributed by atoms with E-state index in [1.165, 1.54) is 39.3 Å². The van der Waals surface area contributed by atoms with Gasteiger partial charge in [-0.3, -0.25) is 14.4 Å². The zero-order valence-electron chi connectivity index (χ0n) is 28.2. The molecule has 0 amide bonds. The normalized spacial score (nSPS) is 35.7. The highest BCUT2D eigenvalue weighted by Crippen LogP contribution is 2.52. The first-order valence-corrected chi connectivity index (χ1v) is 16.3. The molecule has 2 fully saturated rings. The van der Waals surface area contributed by atoms with Crippen molar-refractivity contribution < 1.29 is 63.2 Å². The summed E-state index contributed by atoms with van der Waals surface area (Å²) in [6.07, 6.45) is -6.31. The molecule has 2 aliphatic carbocycles. The van der Waals surface area contributed by atoms with Crippen LogP contribution in [0.3, 0.4) is 0 Å². The summed E-state index contributed by atoms with van der Waals surface area (Å²) in [5, 5.41) is 45.3. The summed E-state index contributed by atoms with van der Waals surface area (Å²) >= 11 is 0. The van der Waals surface area contributed by atoms with E-state index < -0.39 is 107 Å². The van der Waals surface area contributed by atoms with Gasteiger partial charge in [0.15, 0.2) is 24.1 Å². The summed E-state index contributed by atoms with van der Waals surface area (Å²) in [7, 11) is 2.85. The van der Waals surface area contributed by atoms with Gasteiger partial charge in [0, 0.05) is 55.5 Å². The number of carbonyl (C=O) groups excluding carboxylic acids is 3. The van der Waals surface area contributed by atoms with E-state index in [0.717, 1.165) is 0 Å². The summed E-state index contributed by atoms with van der Waals surface area (Å²) in [6.45, 7) is 6.40. The van der Waals surface area contributed by atoms with Crippen LogP contribution in [0.5, 0.6) is 17.2 Å². The monoisotopic (exact) mass is 685 g/mol. The number of hydrogen-bond donors (Lipinski definition) is 5. The second-order valence-electron chi connectivity index (χ2n) is 13.7. The Labute approximate surface area is 283 Å². The van der Waals surface area contributed by atoms with Gasteiger partial charge in [0.1, 0.15) is 35.1 Å². The predicted octanol–water partition coefficient (Wildman–Crippen LogP) is 1.95. The number of nitrogens with two attached hydrogens (primary N) is 1. The van der Waals surface area contributed by atoms with Gasteiger partial charge in [0.2, 0.25) is 5.78 Å². The van der Waals surface area contributed by atoms with Gasteiger partial charge in [-0.2, -0.15) is 0 Å². The number of fused-ring (bicyclic) bond motifs is 3. The minimum atomic E-state index is -2.04. The molecule has 0 saturated carbocycles. The number of carbonyl (C=O) groups is 3. The van der Waals surface area contributed by atoms with Crippen molar-refractivity contribution in [1.82, 2.24) is 0 Å². The fourth-order valence-corrected chi connectivity index (χ4v) is 7.63. The molecule has 4 aliphatic rings. The predicted molar refractivity (Wildman–Crippen MR) is 170 cm³/mol. The first kappa shape index (κ1) is 35.4. The second kappa shape index (κ2) is 12.7. The Morgan fingerprint density at radius 2 is 1.63 bits per heavy atom. The average Bonchev–Trinajstić information content (AvgIpc) is 3.05. The molecule has 0 aromatic heterocycles. The second-order valence-corrected chi connectivity index (χ2v) is 13.7. The van der Waals surface area contributed by atoms with Gasteiger partial charge in [-0.05, 0) is 33.8 Å². The number of ketones is 3. The summed E-state index contributed by atoms with van der Waals surface area (Å²) in [5.41, 5.74) is 2.52. The maximum absolute atomic E-state index is 13.9. The highest BCUT2D eigenvalue weighted by atomic mass is 16.7. The fraction of sp³-hybridized carbons (Fsp3) is 0.571. The Morgan fingerprint density at radius 3 is 2.27 bits per heavy atom. The fourth-order valence-electron chi connectivity index (χ4n) is 7.63. The molecule has 2 saturated heterocycles. The quantitative estimate of drug-likeness (QED) is 0.225. The van der Waals surface area contributed by atoms with Crippen LogP contribution in [-0.4, -0.2) is 106 Å². The Bertz CT molecular complexity index is 1680. The Balaban J connectivity index is 1.31. The number of hydrogen-bond acceptors (Lipinski definition) is 14. The molecule has 0 spiro atoms. The molecule has 0 bridgehead atoms. The highest BCUT2D eigenvalue weighted by Gasteiger charge is 2.51. The first-order chi connectivity index (χ1) is 23.0.